The third kappa shape index (κ3) is 4.92. The Hall–Kier alpha value is -4.17. The fraction of sp³-hybridized carbons (Fsp3) is 0.192. The van der Waals surface area contributed by atoms with Gasteiger partial charge in [-0.2, -0.15) is 0 Å². The highest BCUT2D eigenvalue weighted by atomic mass is 16.6. The van der Waals surface area contributed by atoms with Crippen LogP contribution in [0.15, 0.2) is 78.9 Å². The van der Waals surface area contributed by atoms with Crippen LogP contribution in [0.4, 0.5) is 9.59 Å². The van der Waals surface area contributed by atoms with Crippen molar-refractivity contribution in [3.8, 4) is 11.1 Å². The van der Waals surface area contributed by atoms with Crippen molar-refractivity contribution in [3.63, 3.8) is 0 Å². The minimum Gasteiger partial charge on any atom is -0.480 e. The first-order chi connectivity index (χ1) is 16.5. The van der Waals surface area contributed by atoms with E-state index in [1.165, 1.54) is 0 Å². The summed E-state index contributed by atoms with van der Waals surface area (Å²) in [6.45, 7) is -0.702. The molecule has 0 saturated carbocycles. The van der Waals surface area contributed by atoms with Gasteiger partial charge < -0.3 is 20.3 Å². The number of carbonyl (C=O) groups is 3. The van der Waals surface area contributed by atoms with E-state index >= 15 is 0 Å². The third-order valence-electron chi connectivity index (χ3n) is 5.68. The van der Waals surface area contributed by atoms with Crippen LogP contribution in [0.2, 0.25) is 0 Å². The maximum Gasteiger partial charge on any atom is 0.419 e. The van der Waals surface area contributed by atoms with Crippen LogP contribution in [-0.2, 0) is 20.9 Å². The Morgan fingerprint density at radius 2 is 1.35 bits per heavy atom. The molecule has 8 heteroatoms. The molecule has 0 aromatic heterocycles. The molecule has 0 bridgehead atoms. The van der Waals surface area contributed by atoms with Gasteiger partial charge in [-0.15, -0.1) is 0 Å². The zero-order valence-corrected chi connectivity index (χ0v) is 18.3. The molecule has 3 aromatic carbocycles. The summed E-state index contributed by atoms with van der Waals surface area (Å²) in [6, 6.07) is 23.1. The molecule has 0 saturated heterocycles. The van der Waals surface area contributed by atoms with Gasteiger partial charge in [-0.05, 0) is 27.8 Å². The lowest BCUT2D eigenvalue weighted by atomic mass is 9.98. The van der Waals surface area contributed by atoms with Gasteiger partial charge >= 0.3 is 18.2 Å². The molecule has 0 radical (unpaired) electrons. The topological polar surface area (TPSA) is 119 Å². The zero-order chi connectivity index (χ0) is 24.1. The summed E-state index contributed by atoms with van der Waals surface area (Å²) in [4.78, 5) is 37.4. The number of ether oxygens (including phenoxy) is 2. The number of nitrogens with zero attached hydrogens (tertiary/aromatic N) is 1. The van der Waals surface area contributed by atoms with E-state index in [1.54, 1.807) is 24.3 Å². The van der Waals surface area contributed by atoms with Crippen molar-refractivity contribution in [1.29, 1.82) is 0 Å². The molecule has 4 rings (SSSR count). The first-order valence-corrected chi connectivity index (χ1v) is 10.8. The van der Waals surface area contributed by atoms with Gasteiger partial charge in [-0.25, -0.2) is 14.5 Å². The second-order valence-corrected chi connectivity index (χ2v) is 7.90. The van der Waals surface area contributed by atoms with Gasteiger partial charge in [-0.3, -0.25) is 4.79 Å². The van der Waals surface area contributed by atoms with Crippen molar-refractivity contribution < 1.29 is 29.0 Å². The summed E-state index contributed by atoms with van der Waals surface area (Å²) in [6.07, 6.45) is -2.05. The molecule has 0 heterocycles. The van der Waals surface area contributed by atoms with Gasteiger partial charge in [0.2, 0.25) is 0 Å². The van der Waals surface area contributed by atoms with E-state index in [0.717, 1.165) is 22.3 Å². The van der Waals surface area contributed by atoms with Crippen molar-refractivity contribution in [2.45, 2.75) is 18.6 Å². The first kappa shape index (κ1) is 23.0. The maximum absolute atomic E-state index is 12.9. The predicted octanol–water partition coefficient (Wildman–Crippen LogP) is 3.99. The number of benzene rings is 3. The lowest BCUT2D eigenvalue weighted by Gasteiger charge is -2.23. The molecule has 1 aliphatic rings. The van der Waals surface area contributed by atoms with Gasteiger partial charge in [0.15, 0.2) is 0 Å². The van der Waals surface area contributed by atoms with Gasteiger partial charge in [0, 0.05) is 5.92 Å². The SMILES string of the molecule is NC(CN(C(=O)OCc1ccccc1)C(=O)OCC1c2ccccc2-c2ccccc21)C(=O)O. The number of imide groups is 1. The van der Waals surface area contributed by atoms with Crippen LogP contribution in [0.1, 0.15) is 22.6 Å². The van der Waals surface area contributed by atoms with Gasteiger partial charge in [-0.1, -0.05) is 78.9 Å². The normalized spacial score (nSPS) is 12.9. The van der Waals surface area contributed by atoms with E-state index in [2.05, 4.69) is 0 Å². The standard InChI is InChI=1S/C26H24N2O6/c27-23(24(29)30)14-28(25(31)33-15-17-8-2-1-3-9-17)26(32)34-16-22-20-12-6-4-10-18(20)19-11-5-7-13-21(19)22/h1-13,22-23H,14-16,27H2,(H,29,30). The number of aliphatic carboxylic acids is 1. The highest BCUT2D eigenvalue weighted by Crippen LogP contribution is 2.44. The van der Waals surface area contributed by atoms with E-state index in [0.29, 0.717) is 10.5 Å². The Morgan fingerprint density at radius 1 is 0.824 bits per heavy atom. The minimum absolute atomic E-state index is 0.0301. The monoisotopic (exact) mass is 460 g/mol. The van der Waals surface area contributed by atoms with Crippen LogP contribution in [0.5, 0.6) is 0 Å². The summed E-state index contributed by atoms with van der Waals surface area (Å²) in [5.41, 5.74) is 10.4. The summed E-state index contributed by atoms with van der Waals surface area (Å²) in [7, 11) is 0. The molecule has 174 valence electrons. The van der Waals surface area contributed by atoms with Gasteiger partial charge in [0.25, 0.3) is 0 Å². The molecule has 1 atom stereocenters. The van der Waals surface area contributed by atoms with Crippen LogP contribution < -0.4 is 5.73 Å². The average Bonchev–Trinajstić information content (AvgIpc) is 3.18. The highest BCUT2D eigenvalue weighted by molar-refractivity contribution is 5.89. The molecular formula is C26H24N2O6. The van der Waals surface area contributed by atoms with Gasteiger partial charge in [0.1, 0.15) is 19.3 Å². The summed E-state index contributed by atoms with van der Waals surface area (Å²) < 4.78 is 10.7. The van der Waals surface area contributed by atoms with Crippen LogP contribution in [0, 0.1) is 0 Å². The number of fused-ring (bicyclic) bond motifs is 3. The molecule has 8 nitrogen and oxygen atoms in total. The van der Waals surface area contributed by atoms with Crippen molar-refractivity contribution in [3.05, 3.63) is 95.6 Å². The second-order valence-electron chi connectivity index (χ2n) is 7.90. The van der Waals surface area contributed by atoms with E-state index in [4.69, 9.17) is 20.3 Å². The Bertz CT molecular complexity index is 1150. The van der Waals surface area contributed by atoms with Crippen LogP contribution in [0.3, 0.4) is 0 Å². The van der Waals surface area contributed by atoms with Crippen LogP contribution >= 0.6 is 0 Å². The lowest BCUT2D eigenvalue weighted by molar-refractivity contribution is -0.138. The summed E-state index contributed by atoms with van der Waals surface area (Å²) in [5, 5.41) is 9.17. The third-order valence-corrected chi connectivity index (χ3v) is 5.68. The molecule has 0 fully saturated rings. The van der Waals surface area contributed by atoms with Crippen LogP contribution in [0.25, 0.3) is 11.1 Å². The van der Waals surface area contributed by atoms with Crippen molar-refractivity contribution in [2.24, 2.45) is 5.73 Å². The largest absolute Gasteiger partial charge is 0.480 e. The van der Waals surface area contributed by atoms with Gasteiger partial charge in [0.05, 0.1) is 6.54 Å². The maximum atomic E-state index is 12.9. The summed E-state index contributed by atoms with van der Waals surface area (Å²) in [5.74, 6) is -1.57. The highest BCUT2D eigenvalue weighted by Gasteiger charge is 2.33. The fourth-order valence-electron chi connectivity index (χ4n) is 3.97. The molecule has 1 aliphatic carbocycles. The van der Waals surface area contributed by atoms with Crippen molar-refractivity contribution >= 4 is 18.2 Å². The molecule has 3 aromatic rings. The smallest absolute Gasteiger partial charge is 0.419 e. The molecule has 2 amide bonds. The molecule has 0 spiro atoms. The number of nitrogens with two attached hydrogens (primary N) is 1. The lowest BCUT2D eigenvalue weighted by Crippen LogP contribution is -2.48. The molecule has 0 aliphatic heterocycles. The number of hydrogen-bond donors (Lipinski definition) is 2. The Kier molecular flexibility index (Phi) is 6.89. The first-order valence-electron chi connectivity index (χ1n) is 10.8. The predicted molar refractivity (Wildman–Crippen MR) is 124 cm³/mol. The number of rotatable bonds is 7. The number of carboxylic acids is 1. The molecule has 3 N–H and O–H groups in total. The van der Waals surface area contributed by atoms with Crippen LogP contribution in [-0.4, -0.2) is 47.4 Å². The number of amides is 2. The average molecular weight is 460 g/mol. The van der Waals surface area contributed by atoms with E-state index in [-0.39, 0.29) is 19.1 Å². The number of carbonyl (C=O) groups excluding carboxylic acids is 2. The second kappa shape index (κ2) is 10.2. The molecule has 1 unspecified atom stereocenters. The van der Waals surface area contributed by atoms with E-state index in [1.807, 2.05) is 54.6 Å². The Morgan fingerprint density at radius 3 is 1.94 bits per heavy atom. The quantitative estimate of drug-likeness (QED) is 0.547. The van der Waals surface area contributed by atoms with Crippen molar-refractivity contribution in [1.82, 2.24) is 4.90 Å². The number of hydrogen-bond acceptors (Lipinski definition) is 6. The molecular weight excluding hydrogens is 436 g/mol. The molecule has 34 heavy (non-hydrogen) atoms. The fourth-order valence-corrected chi connectivity index (χ4v) is 3.97. The number of carboxylic acid groups (broad SMARTS) is 1. The Balaban J connectivity index is 1.48. The minimum atomic E-state index is -1.48. The Labute approximate surface area is 196 Å². The van der Waals surface area contributed by atoms with Crippen molar-refractivity contribution in [2.75, 3.05) is 13.2 Å². The zero-order valence-electron chi connectivity index (χ0n) is 18.3. The van der Waals surface area contributed by atoms with E-state index < -0.39 is 30.7 Å². The van der Waals surface area contributed by atoms with E-state index in [9.17, 15) is 14.4 Å². The summed E-state index contributed by atoms with van der Waals surface area (Å²) >= 11 is 0.